The molecule has 80 valence electrons. The highest BCUT2D eigenvalue weighted by molar-refractivity contribution is 5.54. The van der Waals surface area contributed by atoms with Gasteiger partial charge in [0.25, 0.3) is 0 Å². The number of ether oxygens (including phenoxy) is 1. The predicted molar refractivity (Wildman–Crippen MR) is 57.0 cm³/mol. The second-order valence-electron chi connectivity index (χ2n) is 3.10. The number of likely N-dealkylation sites (N-methyl/N-ethyl adjacent to an activating group) is 1. The van der Waals surface area contributed by atoms with Gasteiger partial charge in [0.2, 0.25) is 5.88 Å². The van der Waals surface area contributed by atoms with Crippen molar-refractivity contribution in [2.24, 2.45) is 0 Å². The van der Waals surface area contributed by atoms with Crippen LogP contribution in [0.4, 0.5) is 0 Å². The number of hydrogen-bond donors (Lipinski definition) is 1. The Labute approximate surface area is 88.1 Å². The Bertz CT molecular complexity index is 426. The van der Waals surface area contributed by atoms with Crippen molar-refractivity contribution in [3.8, 4) is 5.88 Å². The molecule has 0 aliphatic rings. The average molecular weight is 206 g/mol. The fourth-order valence-electron chi connectivity index (χ4n) is 1.34. The largest absolute Gasteiger partial charge is 0.475 e. The second kappa shape index (κ2) is 4.75. The third kappa shape index (κ3) is 2.24. The molecule has 0 aromatic carbocycles. The standard InChI is InChI=1S/C10H14N4O/c1-2-11-6-8-15-10-9-3-4-13-14(9)7-5-12-10/h3-5,7,11H,2,6,8H2,1H3. The van der Waals surface area contributed by atoms with Crippen LogP contribution in [-0.4, -0.2) is 34.3 Å². The van der Waals surface area contributed by atoms with Crippen LogP contribution < -0.4 is 10.1 Å². The molecule has 0 atom stereocenters. The molecule has 2 aromatic rings. The first-order valence-electron chi connectivity index (χ1n) is 5.03. The van der Waals surface area contributed by atoms with Gasteiger partial charge in [-0.15, -0.1) is 0 Å². The van der Waals surface area contributed by atoms with Gasteiger partial charge < -0.3 is 10.1 Å². The zero-order valence-electron chi connectivity index (χ0n) is 8.68. The number of hydrogen-bond acceptors (Lipinski definition) is 4. The molecule has 1 N–H and O–H groups in total. The molecule has 0 saturated heterocycles. The van der Waals surface area contributed by atoms with Gasteiger partial charge in [-0.2, -0.15) is 5.10 Å². The molecule has 0 bridgehead atoms. The Morgan fingerprint density at radius 3 is 3.27 bits per heavy atom. The molecule has 0 radical (unpaired) electrons. The van der Waals surface area contributed by atoms with Gasteiger partial charge in [0.15, 0.2) is 0 Å². The van der Waals surface area contributed by atoms with Crippen LogP contribution in [0.2, 0.25) is 0 Å². The summed E-state index contributed by atoms with van der Waals surface area (Å²) in [6, 6.07) is 1.88. The Balaban J connectivity index is 2.04. The minimum Gasteiger partial charge on any atom is -0.475 e. The lowest BCUT2D eigenvalue weighted by Crippen LogP contribution is -2.20. The lowest BCUT2D eigenvalue weighted by molar-refractivity contribution is 0.306. The fraction of sp³-hybridized carbons (Fsp3) is 0.400. The molecular formula is C10H14N4O. The van der Waals surface area contributed by atoms with E-state index in [2.05, 4.69) is 22.3 Å². The van der Waals surface area contributed by atoms with Gasteiger partial charge in [0.1, 0.15) is 12.1 Å². The van der Waals surface area contributed by atoms with E-state index in [1.807, 2.05) is 6.07 Å². The minimum atomic E-state index is 0.617. The Hall–Kier alpha value is -1.62. The normalized spacial score (nSPS) is 10.7. The summed E-state index contributed by atoms with van der Waals surface area (Å²) < 4.78 is 7.29. The maximum absolute atomic E-state index is 5.55. The number of aromatic nitrogens is 3. The van der Waals surface area contributed by atoms with E-state index in [4.69, 9.17) is 4.74 Å². The van der Waals surface area contributed by atoms with Crippen LogP contribution >= 0.6 is 0 Å². The highest BCUT2D eigenvalue weighted by Gasteiger charge is 2.02. The zero-order valence-corrected chi connectivity index (χ0v) is 8.68. The molecule has 0 fully saturated rings. The summed E-state index contributed by atoms with van der Waals surface area (Å²) in [5.74, 6) is 0.632. The van der Waals surface area contributed by atoms with Gasteiger partial charge in [-0.1, -0.05) is 6.92 Å². The SMILES string of the molecule is CCNCCOc1nccn2nccc12. The molecule has 0 unspecified atom stereocenters. The molecular weight excluding hydrogens is 192 g/mol. The van der Waals surface area contributed by atoms with E-state index >= 15 is 0 Å². The third-order valence-corrected chi connectivity index (χ3v) is 2.06. The first kappa shape index (κ1) is 9.92. The number of nitrogens with one attached hydrogen (secondary N) is 1. The van der Waals surface area contributed by atoms with E-state index in [1.54, 1.807) is 23.1 Å². The number of fused-ring (bicyclic) bond motifs is 1. The molecule has 0 spiro atoms. The molecule has 0 aliphatic carbocycles. The average Bonchev–Trinajstić information content (AvgIpc) is 2.73. The van der Waals surface area contributed by atoms with Crippen molar-refractivity contribution in [1.82, 2.24) is 19.9 Å². The van der Waals surface area contributed by atoms with Crippen LogP contribution in [0.25, 0.3) is 5.52 Å². The molecule has 0 aliphatic heterocycles. The Morgan fingerprint density at radius 1 is 1.47 bits per heavy atom. The summed E-state index contributed by atoms with van der Waals surface area (Å²) >= 11 is 0. The zero-order chi connectivity index (χ0) is 10.5. The number of rotatable bonds is 5. The Morgan fingerprint density at radius 2 is 2.40 bits per heavy atom. The van der Waals surface area contributed by atoms with Gasteiger partial charge in [-0.05, 0) is 12.6 Å². The van der Waals surface area contributed by atoms with Crippen LogP contribution in [-0.2, 0) is 0 Å². The van der Waals surface area contributed by atoms with Crippen LogP contribution in [0, 0.1) is 0 Å². The van der Waals surface area contributed by atoms with Gasteiger partial charge in [0, 0.05) is 18.9 Å². The molecule has 2 aromatic heterocycles. The Kier molecular flexibility index (Phi) is 3.14. The smallest absolute Gasteiger partial charge is 0.240 e. The van der Waals surface area contributed by atoms with Crippen molar-refractivity contribution in [2.45, 2.75) is 6.92 Å². The van der Waals surface area contributed by atoms with Gasteiger partial charge >= 0.3 is 0 Å². The van der Waals surface area contributed by atoms with Crippen LogP contribution in [0.5, 0.6) is 5.88 Å². The highest BCUT2D eigenvalue weighted by atomic mass is 16.5. The summed E-state index contributed by atoms with van der Waals surface area (Å²) in [6.45, 7) is 4.46. The molecule has 5 nitrogen and oxygen atoms in total. The van der Waals surface area contributed by atoms with Crippen LogP contribution in [0.3, 0.4) is 0 Å². The first-order valence-corrected chi connectivity index (χ1v) is 5.03. The van der Waals surface area contributed by atoms with E-state index in [1.165, 1.54) is 0 Å². The summed E-state index contributed by atoms with van der Waals surface area (Å²) in [4.78, 5) is 4.17. The predicted octanol–water partition coefficient (Wildman–Crippen LogP) is 0.718. The van der Waals surface area contributed by atoms with E-state index in [9.17, 15) is 0 Å². The lowest BCUT2D eigenvalue weighted by Gasteiger charge is -2.06. The van der Waals surface area contributed by atoms with Gasteiger partial charge in [-0.3, -0.25) is 0 Å². The second-order valence-corrected chi connectivity index (χ2v) is 3.10. The van der Waals surface area contributed by atoms with Gasteiger partial charge in [0.05, 0.1) is 6.20 Å². The van der Waals surface area contributed by atoms with Crippen molar-refractivity contribution in [1.29, 1.82) is 0 Å². The van der Waals surface area contributed by atoms with Gasteiger partial charge in [-0.25, -0.2) is 9.50 Å². The topological polar surface area (TPSA) is 51.5 Å². The van der Waals surface area contributed by atoms with E-state index in [0.29, 0.717) is 12.5 Å². The third-order valence-electron chi connectivity index (χ3n) is 2.06. The van der Waals surface area contributed by atoms with Crippen molar-refractivity contribution in [3.63, 3.8) is 0 Å². The summed E-state index contributed by atoms with van der Waals surface area (Å²) in [5.41, 5.74) is 0.897. The molecule has 15 heavy (non-hydrogen) atoms. The van der Waals surface area contributed by atoms with E-state index < -0.39 is 0 Å². The van der Waals surface area contributed by atoms with E-state index in [-0.39, 0.29) is 0 Å². The molecule has 5 heteroatoms. The van der Waals surface area contributed by atoms with Crippen molar-refractivity contribution in [2.75, 3.05) is 19.7 Å². The fourth-order valence-corrected chi connectivity index (χ4v) is 1.34. The molecule has 2 heterocycles. The maximum atomic E-state index is 5.55. The summed E-state index contributed by atoms with van der Waals surface area (Å²) in [7, 11) is 0. The molecule has 2 rings (SSSR count). The monoisotopic (exact) mass is 206 g/mol. The quantitative estimate of drug-likeness (QED) is 0.732. The van der Waals surface area contributed by atoms with Crippen molar-refractivity contribution in [3.05, 3.63) is 24.7 Å². The molecule has 0 amide bonds. The summed E-state index contributed by atoms with van der Waals surface area (Å²) in [6.07, 6.45) is 5.21. The number of nitrogens with zero attached hydrogens (tertiary/aromatic N) is 3. The van der Waals surface area contributed by atoms with Crippen molar-refractivity contribution >= 4 is 5.52 Å². The molecule has 0 saturated carbocycles. The maximum Gasteiger partial charge on any atom is 0.240 e. The highest BCUT2D eigenvalue weighted by Crippen LogP contribution is 2.14. The van der Waals surface area contributed by atoms with Crippen LogP contribution in [0.15, 0.2) is 24.7 Å². The van der Waals surface area contributed by atoms with Crippen LogP contribution in [0.1, 0.15) is 6.92 Å². The lowest BCUT2D eigenvalue weighted by atomic mass is 10.5. The van der Waals surface area contributed by atoms with E-state index in [0.717, 1.165) is 18.6 Å². The summed E-state index contributed by atoms with van der Waals surface area (Å²) in [5, 5.41) is 7.29. The van der Waals surface area contributed by atoms with Crippen molar-refractivity contribution < 1.29 is 4.74 Å². The minimum absolute atomic E-state index is 0.617. The first-order chi connectivity index (χ1) is 7.42.